The normalized spacial score (nSPS) is 18.4. The van der Waals surface area contributed by atoms with Gasteiger partial charge in [0, 0.05) is 32.7 Å². The molecular formula is C8H13ClN4OS. The topological polar surface area (TPSA) is 52.5 Å². The van der Waals surface area contributed by atoms with E-state index in [-0.39, 0.29) is 6.61 Å². The summed E-state index contributed by atoms with van der Waals surface area (Å²) in [6, 6.07) is 0. The minimum Gasteiger partial charge on any atom is -0.395 e. The molecule has 1 saturated heterocycles. The van der Waals surface area contributed by atoms with Crippen LogP contribution in [0.15, 0.2) is 0 Å². The quantitative estimate of drug-likeness (QED) is 0.834. The van der Waals surface area contributed by atoms with Gasteiger partial charge in [0.15, 0.2) is 11.0 Å². The van der Waals surface area contributed by atoms with Gasteiger partial charge in [0.1, 0.15) is 0 Å². The minimum absolute atomic E-state index is 0.221. The fourth-order valence-corrected chi connectivity index (χ4v) is 2.46. The van der Waals surface area contributed by atoms with Gasteiger partial charge in [0.25, 0.3) is 0 Å². The minimum atomic E-state index is 0.221. The number of aliphatic hydroxyl groups is 1. The summed E-state index contributed by atoms with van der Waals surface area (Å²) in [5.41, 5.74) is 0. The van der Waals surface area contributed by atoms with E-state index in [1.165, 1.54) is 0 Å². The molecule has 0 radical (unpaired) electrons. The van der Waals surface area contributed by atoms with E-state index in [2.05, 4.69) is 18.5 Å². The average Bonchev–Trinajstić information content (AvgIpc) is 2.66. The summed E-state index contributed by atoms with van der Waals surface area (Å²) >= 11 is 7.06. The third-order valence-electron chi connectivity index (χ3n) is 2.52. The van der Waals surface area contributed by atoms with Gasteiger partial charge in [-0.2, -0.15) is 8.75 Å². The SMILES string of the molecule is OCCN1CCN(c2nsnc2Cl)CC1. The van der Waals surface area contributed by atoms with Crippen LogP contribution in [0.3, 0.4) is 0 Å². The molecule has 0 bridgehead atoms. The molecule has 0 amide bonds. The van der Waals surface area contributed by atoms with Crippen LogP contribution in [-0.4, -0.2) is 58.1 Å². The summed E-state index contributed by atoms with van der Waals surface area (Å²) in [6.45, 7) is 4.63. The number of anilines is 1. The molecule has 1 aliphatic rings. The number of β-amino-alcohol motifs (C(OH)–C–C–N with tert-alkyl or cyclic N) is 1. The van der Waals surface area contributed by atoms with E-state index in [0.717, 1.165) is 50.3 Å². The Labute approximate surface area is 97.6 Å². The van der Waals surface area contributed by atoms with E-state index in [9.17, 15) is 0 Å². The Morgan fingerprint density at radius 1 is 1.27 bits per heavy atom. The summed E-state index contributed by atoms with van der Waals surface area (Å²) in [5, 5.41) is 9.31. The van der Waals surface area contributed by atoms with Gasteiger partial charge in [-0.05, 0) is 0 Å². The maximum atomic E-state index is 8.82. The Morgan fingerprint density at radius 3 is 2.53 bits per heavy atom. The highest BCUT2D eigenvalue weighted by atomic mass is 35.5. The fraction of sp³-hybridized carbons (Fsp3) is 0.750. The fourth-order valence-electron chi connectivity index (χ4n) is 1.69. The Bertz CT molecular complexity index is 313. The van der Waals surface area contributed by atoms with Crippen LogP contribution in [0.5, 0.6) is 0 Å². The summed E-state index contributed by atoms with van der Waals surface area (Å²) in [4.78, 5) is 4.36. The molecule has 0 aliphatic carbocycles. The molecule has 7 heteroatoms. The van der Waals surface area contributed by atoms with E-state index in [0.29, 0.717) is 5.15 Å². The zero-order valence-corrected chi connectivity index (χ0v) is 9.84. The number of aliphatic hydroxyl groups excluding tert-OH is 1. The molecule has 15 heavy (non-hydrogen) atoms. The van der Waals surface area contributed by atoms with Gasteiger partial charge < -0.3 is 10.0 Å². The van der Waals surface area contributed by atoms with Crippen molar-refractivity contribution in [3.8, 4) is 0 Å². The number of halogens is 1. The zero-order chi connectivity index (χ0) is 10.7. The van der Waals surface area contributed by atoms with Crippen LogP contribution in [0.2, 0.25) is 5.15 Å². The van der Waals surface area contributed by atoms with Crippen molar-refractivity contribution >= 4 is 29.1 Å². The van der Waals surface area contributed by atoms with Crippen molar-refractivity contribution in [1.29, 1.82) is 0 Å². The molecule has 0 unspecified atom stereocenters. The Hall–Kier alpha value is -0.430. The largest absolute Gasteiger partial charge is 0.395 e. The van der Waals surface area contributed by atoms with Gasteiger partial charge in [0.05, 0.1) is 18.3 Å². The van der Waals surface area contributed by atoms with Crippen LogP contribution >= 0.6 is 23.3 Å². The van der Waals surface area contributed by atoms with Crippen molar-refractivity contribution in [3.63, 3.8) is 0 Å². The first kappa shape index (κ1) is 11.1. The zero-order valence-electron chi connectivity index (χ0n) is 8.26. The molecule has 1 fully saturated rings. The first-order chi connectivity index (χ1) is 7.31. The highest BCUT2D eigenvalue weighted by Crippen LogP contribution is 2.23. The van der Waals surface area contributed by atoms with Crippen molar-refractivity contribution in [1.82, 2.24) is 13.6 Å². The van der Waals surface area contributed by atoms with Crippen LogP contribution in [0.25, 0.3) is 0 Å². The van der Waals surface area contributed by atoms with Crippen molar-refractivity contribution < 1.29 is 5.11 Å². The van der Waals surface area contributed by atoms with Gasteiger partial charge in [-0.15, -0.1) is 0 Å². The predicted octanol–water partition coefficient (Wildman–Crippen LogP) is 0.306. The molecule has 2 rings (SSSR count). The standard InChI is InChI=1S/C8H13ClN4OS/c9-7-8(11-15-10-7)13-3-1-12(2-4-13)5-6-14/h14H,1-6H2. The van der Waals surface area contributed by atoms with Crippen LogP contribution in [0.1, 0.15) is 0 Å². The van der Waals surface area contributed by atoms with E-state index in [1.54, 1.807) is 0 Å². The molecule has 1 N–H and O–H groups in total. The number of hydrogen-bond donors (Lipinski definition) is 1. The maximum Gasteiger partial charge on any atom is 0.187 e. The van der Waals surface area contributed by atoms with Crippen molar-refractivity contribution in [3.05, 3.63) is 5.15 Å². The van der Waals surface area contributed by atoms with Crippen LogP contribution in [0, 0.1) is 0 Å². The Kier molecular flexibility index (Phi) is 3.74. The van der Waals surface area contributed by atoms with Gasteiger partial charge in [-0.25, -0.2) is 0 Å². The lowest BCUT2D eigenvalue weighted by Crippen LogP contribution is -2.47. The molecule has 0 saturated carbocycles. The average molecular weight is 249 g/mol. The van der Waals surface area contributed by atoms with Crippen molar-refractivity contribution in [2.45, 2.75) is 0 Å². The van der Waals surface area contributed by atoms with Crippen molar-refractivity contribution in [2.75, 3.05) is 44.2 Å². The molecule has 1 aromatic heterocycles. The van der Waals surface area contributed by atoms with Crippen LogP contribution < -0.4 is 4.90 Å². The molecular weight excluding hydrogens is 236 g/mol. The van der Waals surface area contributed by atoms with E-state index in [4.69, 9.17) is 16.7 Å². The van der Waals surface area contributed by atoms with Crippen molar-refractivity contribution in [2.24, 2.45) is 0 Å². The summed E-state index contributed by atoms with van der Waals surface area (Å²) in [6.07, 6.45) is 0. The lowest BCUT2D eigenvalue weighted by molar-refractivity contribution is 0.188. The second-order valence-electron chi connectivity index (χ2n) is 3.43. The number of rotatable bonds is 3. The first-order valence-electron chi connectivity index (χ1n) is 4.87. The maximum absolute atomic E-state index is 8.82. The molecule has 1 aliphatic heterocycles. The number of nitrogens with zero attached hydrogens (tertiary/aromatic N) is 4. The van der Waals surface area contributed by atoms with Crippen LogP contribution in [-0.2, 0) is 0 Å². The highest BCUT2D eigenvalue weighted by molar-refractivity contribution is 6.99. The molecule has 0 aromatic carbocycles. The van der Waals surface area contributed by atoms with E-state index >= 15 is 0 Å². The van der Waals surface area contributed by atoms with Gasteiger partial charge in [-0.3, -0.25) is 4.90 Å². The molecule has 84 valence electrons. The third-order valence-corrected chi connectivity index (χ3v) is 3.39. The van der Waals surface area contributed by atoms with Gasteiger partial charge >= 0.3 is 0 Å². The number of hydrogen-bond acceptors (Lipinski definition) is 6. The highest BCUT2D eigenvalue weighted by Gasteiger charge is 2.20. The monoisotopic (exact) mass is 248 g/mol. The van der Waals surface area contributed by atoms with Crippen LogP contribution in [0.4, 0.5) is 5.82 Å². The van der Waals surface area contributed by atoms with E-state index in [1.807, 2.05) is 0 Å². The molecule has 0 atom stereocenters. The Balaban J connectivity index is 1.91. The first-order valence-corrected chi connectivity index (χ1v) is 5.98. The lowest BCUT2D eigenvalue weighted by Gasteiger charge is -2.34. The third kappa shape index (κ3) is 2.57. The predicted molar refractivity (Wildman–Crippen MR) is 60.7 cm³/mol. The smallest absolute Gasteiger partial charge is 0.187 e. The lowest BCUT2D eigenvalue weighted by atomic mass is 10.3. The molecule has 0 spiro atoms. The summed E-state index contributed by atoms with van der Waals surface area (Å²) in [5.74, 6) is 0.797. The molecule has 5 nitrogen and oxygen atoms in total. The van der Waals surface area contributed by atoms with Gasteiger partial charge in [-0.1, -0.05) is 11.6 Å². The molecule has 2 heterocycles. The van der Waals surface area contributed by atoms with Gasteiger partial charge in [0.2, 0.25) is 0 Å². The summed E-state index contributed by atoms with van der Waals surface area (Å²) in [7, 11) is 0. The number of piperazine rings is 1. The summed E-state index contributed by atoms with van der Waals surface area (Å²) < 4.78 is 8.11. The molecule has 1 aromatic rings. The second kappa shape index (κ2) is 5.07. The Morgan fingerprint density at radius 2 is 2.00 bits per heavy atom. The van der Waals surface area contributed by atoms with E-state index < -0.39 is 0 Å². The number of aromatic nitrogens is 2. The second-order valence-corrected chi connectivity index (χ2v) is 4.32.